The van der Waals surface area contributed by atoms with Crippen molar-refractivity contribution in [3.05, 3.63) is 64.2 Å². The van der Waals surface area contributed by atoms with Crippen LogP contribution in [0.25, 0.3) is 21.5 Å². The molecule has 2 aliphatic heterocycles. The molecule has 3 aromatic carbocycles. The molecule has 0 saturated heterocycles. The summed E-state index contributed by atoms with van der Waals surface area (Å²) in [4.78, 5) is 14.3. The van der Waals surface area contributed by atoms with Crippen LogP contribution in [0.2, 0.25) is 0 Å². The molecule has 0 unspecified atom stereocenters. The monoisotopic (exact) mass is 388 g/mol. The van der Waals surface area contributed by atoms with Gasteiger partial charge in [0, 0.05) is 18.4 Å². The minimum Gasteiger partial charge on any atom is -0.266 e. The maximum absolute atomic E-state index is 11.9. The van der Waals surface area contributed by atoms with Crippen LogP contribution in [0.5, 0.6) is 0 Å². The fourth-order valence-corrected chi connectivity index (χ4v) is 5.15. The van der Waals surface area contributed by atoms with E-state index in [0.717, 1.165) is 54.1 Å². The topological polar surface area (TPSA) is 49.4 Å². The van der Waals surface area contributed by atoms with Crippen LogP contribution in [0.1, 0.15) is 37.7 Å². The number of nitro benzene ring substituents is 1. The van der Waals surface area contributed by atoms with Crippen molar-refractivity contribution in [2.45, 2.75) is 38.6 Å². The maximum atomic E-state index is 11.9. The van der Waals surface area contributed by atoms with E-state index in [-0.39, 0.29) is 10.6 Å². The van der Waals surface area contributed by atoms with Gasteiger partial charge in [0.2, 0.25) is 5.84 Å². The van der Waals surface area contributed by atoms with Crippen LogP contribution in [0.3, 0.4) is 0 Å². The van der Waals surface area contributed by atoms with Gasteiger partial charge in [-0.25, -0.2) is 0 Å². The Bertz CT molecular complexity index is 1080. The van der Waals surface area contributed by atoms with Crippen molar-refractivity contribution in [2.75, 3.05) is 19.6 Å². The predicted molar refractivity (Wildman–Crippen MR) is 117 cm³/mol. The molecule has 5 heteroatoms. The first-order valence-corrected chi connectivity index (χ1v) is 10.7. The van der Waals surface area contributed by atoms with Gasteiger partial charge in [-0.3, -0.25) is 19.6 Å². The molecule has 2 heterocycles. The molecule has 5 nitrogen and oxygen atoms in total. The van der Waals surface area contributed by atoms with Crippen molar-refractivity contribution < 1.29 is 9.50 Å². The Morgan fingerprint density at radius 2 is 1.48 bits per heavy atom. The van der Waals surface area contributed by atoms with E-state index in [1.165, 1.54) is 37.1 Å². The quantitative estimate of drug-likeness (QED) is 0.272. The van der Waals surface area contributed by atoms with E-state index in [4.69, 9.17) is 0 Å². The van der Waals surface area contributed by atoms with Crippen LogP contribution < -0.4 is 0 Å². The van der Waals surface area contributed by atoms with Crippen molar-refractivity contribution in [1.82, 2.24) is 4.90 Å². The summed E-state index contributed by atoms with van der Waals surface area (Å²) in [5, 5.41) is 15.4. The van der Waals surface area contributed by atoms with Gasteiger partial charge >= 0.3 is 0 Å². The van der Waals surface area contributed by atoms with Crippen LogP contribution in [-0.4, -0.2) is 39.9 Å². The molecule has 0 atom stereocenters. The molecule has 5 rings (SSSR count). The molecule has 29 heavy (non-hydrogen) atoms. The number of hydrogen-bond donors (Lipinski definition) is 0. The van der Waals surface area contributed by atoms with Crippen molar-refractivity contribution in [2.24, 2.45) is 0 Å². The van der Waals surface area contributed by atoms with Gasteiger partial charge in [-0.05, 0) is 42.2 Å². The summed E-state index contributed by atoms with van der Waals surface area (Å²) in [6.45, 7) is 4.19. The highest BCUT2D eigenvalue weighted by Gasteiger charge is 2.30. The number of rotatable bonds is 3. The molecule has 0 aromatic heterocycles. The molecule has 0 fully saturated rings. The van der Waals surface area contributed by atoms with Gasteiger partial charge in [0.1, 0.15) is 6.54 Å². The molecule has 2 aliphatic rings. The van der Waals surface area contributed by atoms with Crippen molar-refractivity contribution in [3.8, 4) is 0 Å². The van der Waals surface area contributed by atoms with Gasteiger partial charge in [0.05, 0.1) is 35.3 Å². The average Bonchev–Trinajstić information content (AvgIpc) is 2.99. The van der Waals surface area contributed by atoms with Crippen LogP contribution in [0, 0.1) is 10.1 Å². The first kappa shape index (κ1) is 18.1. The largest absolute Gasteiger partial charge is 0.284 e. The molecule has 3 aromatic rings. The fourth-order valence-electron chi connectivity index (χ4n) is 5.15. The summed E-state index contributed by atoms with van der Waals surface area (Å²) in [5.41, 5.74) is 1.43. The number of amidine groups is 1. The molecular weight excluding hydrogens is 362 g/mol. The standard InChI is InChI=1S/C24H26N3O2/c28-27(29)24-20-11-5-3-9-18(20)22(19-10-4-6-12-21(19)24)17-26-16-8-15-25-14-7-1-2-13-23(25)26/h3-6,9-12H,1-2,7-8,13-17H2/q+1. The number of hydrogen-bond acceptors (Lipinski definition) is 3. The molecule has 0 saturated carbocycles. The second-order valence-electron chi connectivity index (χ2n) is 8.16. The van der Waals surface area contributed by atoms with Crippen molar-refractivity contribution >= 4 is 33.1 Å². The van der Waals surface area contributed by atoms with Crippen LogP contribution in [0.4, 0.5) is 5.69 Å². The zero-order valence-electron chi connectivity index (χ0n) is 16.6. The first-order valence-electron chi connectivity index (χ1n) is 10.7. The highest BCUT2D eigenvalue weighted by atomic mass is 16.6. The van der Waals surface area contributed by atoms with Gasteiger partial charge < -0.3 is 0 Å². The van der Waals surface area contributed by atoms with Gasteiger partial charge in [-0.1, -0.05) is 36.4 Å². The number of nitrogens with zero attached hydrogens (tertiary/aromatic N) is 3. The molecule has 0 N–H and O–H groups in total. The summed E-state index contributed by atoms with van der Waals surface area (Å²) < 4.78 is 2.58. The van der Waals surface area contributed by atoms with E-state index in [1.807, 2.05) is 48.5 Å². The van der Waals surface area contributed by atoms with Crippen molar-refractivity contribution in [3.63, 3.8) is 0 Å². The van der Waals surface area contributed by atoms with E-state index in [0.29, 0.717) is 0 Å². The molecule has 0 aliphatic carbocycles. The van der Waals surface area contributed by atoms with Crippen LogP contribution in [-0.2, 0) is 6.54 Å². The second-order valence-corrected chi connectivity index (χ2v) is 8.16. The molecule has 0 bridgehead atoms. The van der Waals surface area contributed by atoms with Gasteiger partial charge in [-0.2, -0.15) is 0 Å². The van der Waals surface area contributed by atoms with Gasteiger partial charge in [-0.15, -0.1) is 0 Å². The molecule has 0 amide bonds. The highest BCUT2D eigenvalue weighted by molar-refractivity contribution is 6.11. The Labute approximate surface area is 170 Å². The number of fused-ring (bicyclic) bond motifs is 2. The van der Waals surface area contributed by atoms with Crippen molar-refractivity contribution in [1.29, 1.82) is 0 Å². The minimum atomic E-state index is -0.225. The third kappa shape index (κ3) is 3.15. The summed E-state index contributed by atoms with van der Waals surface area (Å²) in [6, 6.07) is 15.7. The lowest BCUT2D eigenvalue weighted by atomic mass is 9.94. The molecular formula is C24H26N3O2+. The lowest BCUT2D eigenvalue weighted by molar-refractivity contribution is -0.539. The zero-order chi connectivity index (χ0) is 19.8. The minimum absolute atomic E-state index is 0.224. The molecule has 148 valence electrons. The SMILES string of the molecule is O=[N+]([O-])c1c2ccccc2c(CN2CCC[N+]3=C2CCCCC3)c2ccccc12. The normalized spacial score (nSPS) is 17.4. The summed E-state index contributed by atoms with van der Waals surface area (Å²) in [5.74, 6) is 1.47. The predicted octanol–water partition coefficient (Wildman–Crippen LogP) is 5.09. The Morgan fingerprint density at radius 3 is 2.14 bits per heavy atom. The summed E-state index contributed by atoms with van der Waals surface area (Å²) in [6.07, 6.45) is 6.15. The Kier molecular flexibility index (Phi) is 4.66. The Hall–Kier alpha value is -2.95. The number of nitro groups is 1. The van der Waals surface area contributed by atoms with E-state index < -0.39 is 0 Å². The van der Waals surface area contributed by atoms with Gasteiger partial charge in [0.25, 0.3) is 5.69 Å². The Balaban J connectivity index is 1.70. The summed E-state index contributed by atoms with van der Waals surface area (Å²) in [7, 11) is 0. The van der Waals surface area contributed by atoms with E-state index in [9.17, 15) is 10.1 Å². The number of non-ortho nitro benzene ring substituents is 1. The fraction of sp³-hybridized carbons (Fsp3) is 0.375. The molecule has 0 radical (unpaired) electrons. The summed E-state index contributed by atoms with van der Waals surface area (Å²) >= 11 is 0. The van der Waals surface area contributed by atoms with E-state index in [2.05, 4.69) is 9.48 Å². The van der Waals surface area contributed by atoms with Crippen LogP contribution in [0.15, 0.2) is 48.5 Å². The Morgan fingerprint density at radius 1 is 0.862 bits per heavy atom. The van der Waals surface area contributed by atoms with Gasteiger partial charge in [0.15, 0.2) is 0 Å². The smallest absolute Gasteiger partial charge is 0.266 e. The number of benzene rings is 3. The lowest BCUT2D eigenvalue weighted by Crippen LogP contribution is -2.43. The maximum Gasteiger partial charge on any atom is 0.284 e. The van der Waals surface area contributed by atoms with E-state index >= 15 is 0 Å². The first-order chi connectivity index (χ1) is 14.2. The molecule has 0 spiro atoms. The third-order valence-electron chi connectivity index (χ3n) is 6.46. The van der Waals surface area contributed by atoms with Crippen LogP contribution >= 0.6 is 0 Å². The zero-order valence-corrected chi connectivity index (χ0v) is 16.6. The highest BCUT2D eigenvalue weighted by Crippen LogP contribution is 2.38. The second kappa shape index (κ2) is 7.47. The average molecular weight is 388 g/mol. The van der Waals surface area contributed by atoms with E-state index in [1.54, 1.807) is 0 Å². The third-order valence-corrected chi connectivity index (χ3v) is 6.46. The lowest BCUT2D eigenvalue weighted by Gasteiger charge is -2.27.